The molecule has 1 fully saturated rings. The van der Waals surface area contributed by atoms with Gasteiger partial charge in [-0.1, -0.05) is 42.5 Å². The SMILES string of the molecule is CCN(Cc1ccc2c(c1)OCO2)C(=O)C[NH+]1CC[NH+](C/C=C/c2ccccc2)CC1. The highest BCUT2D eigenvalue weighted by Crippen LogP contribution is 2.32. The number of quaternary nitrogens is 2. The van der Waals surface area contributed by atoms with Crippen LogP contribution in [0.1, 0.15) is 18.1 Å². The summed E-state index contributed by atoms with van der Waals surface area (Å²) in [6.07, 6.45) is 4.47. The van der Waals surface area contributed by atoms with E-state index in [9.17, 15) is 4.79 Å². The van der Waals surface area contributed by atoms with Crippen molar-refractivity contribution >= 4 is 12.0 Å². The highest BCUT2D eigenvalue weighted by molar-refractivity contribution is 5.77. The molecule has 0 spiro atoms. The molecule has 0 unspecified atom stereocenters. The zero-order valence-electron chi connectivity index (χ0n) is 18.3. The van der Waals surface area contributed by atoms with Gasteiger partial charge in [-0.15, -0.1) is 0 Å². The Kier molecular flexibility index (Phi) is 7.22. The van der Waals surface area contributed by atoms with Crippen LogP contribution in [0, 0.1) is 0 Å². The van der Waals surface area contributed by atoms with E-state index in [1.165, 1.54) is 10.5 Å². The number of ether oxygens (including phenoxy) is 2. The smallest absolute Gasteiger partial charge is 0.278 e. The second-order valence-electron chi connectivity index (χ2n) is 8.29. The second kappa shape index (κ2) is 10.5. The first-order chi connectivity index (χ1) is 15.2. The molecule has 2 aromatic rings. The summed E-state index contributed by atoms with van der Waals surface area (Å²) < 4.78 is 10.8. The van der Waals surface area contributed by atoms with E-state index < -0.39 is 0 Å². The van der Waals surface area contributed by atoms with E-state index >= 15 is 0 Å². The monoisotopic (exact) mass is 423 g/mol. The van der Waals surface area contributed by atoms with Crippen LogP contribution < -0.4 is 19.3 Å². The van der Waals surface area contributed by atoms with E-state index in [-0.39, 0.29) is 12.7 Å². The van der Waals surface area contributed by atoms with E-state index in [0.717, 1.165) is 49.8 Å². The zero-order chi connectivity index (χ0) is 21.5. The van der Waals surface area contributed by atoms with Crippen LogP contribution in [0.5, 0.6) is 11.5 Å². The van der Waals surface area contributed by atoms with Crippen LogP contribution in [-0.4, -0.2) is 63.4 Å². The molecule has 0 aliphatic carbocycles. The van der Waals surface area contributed by atoms with E-state index in [1.54, 1.807) is 4.90 Å². The predicted molar refractivity (Wildman–Crippen MR) is 120 cm³/mol. The van der Waals surface area contributed by atoms with Gasteiger partial charge in [0.15, 0.2) is 18.0 Å². The number of nitrogens with zero attached hydrogens (tertiary/aromatic N) is 1. The maximum atomic E-state index is 12.9. The Morgan fingerprint density at radius 3 is 2.52 bits per heavy atom. The molecule has 0 bridgehead atoms. The zero-order valence-corrected chi connectivity index (χ0v) is 18.3. The number of hydrogen-bond acceptors (Lipinski definition) is 3. The van der Waals surface area contributed by atoms with Crippen molar-refractivity contribution in [3.05, 3.63) is 65.7 Å². The number of likely N-dealkylation sites (N-methyl/N-ethyl adjacent to an activating group) is 1. The lowest BCUT2D eigenvalue weighted by atomic mass is 10.2. The number of benzene rings is 2. The normalized spacial score (nSPS) is 20.2. The van der Waals surface area contributed by atoms with Crippen molar-refractivity contribution in [3.63, 3.8) is 0 Å². The van der Waals surface area contributed by atoms with Crippen molar-refractivity contribution in [2.24, 2.45) is 0 Å². The number of nitrogens with one attached hydrogen (secondary N) is 2. The summed E-state index contributed by atoms with van der Waals surface area (Å²) in [5, 5.41) is 0. The lowest BCUT2D eigenvalue weighted by Crippen LogP contribution is -3.28. The molecule has 1 amide bonds. The van der Waals surface area contributed by atoms with Gasteiger partial charge in [-0.3, -0.25) is 4.79 Å². The van der Waals surface area contributed by atoms with E-state index in [2.05, 4.69) is 36.4 Å². The molecule has 2 aliphatic rings. The van der Waals surface area contributed by atoms with E-state index in [0.29, 0.717) is 19.6 Å². The Morgan fingerprint density at radius 2 is 1.74 bits per heavy atom. The van der Waals surface area contributed by atoms with Gasteiger partial charge in [-0.25, -0.2) is 0 Å². The lowest BCUT2D eigenvalue weighted by Gasteiger charge is -2.30. The van der Waals surface area contributed by atoms with Gasteiger partial charge in [0.1, 0.15) is 26.2 Å². The summed E-state index contributed by atoms with van der Waals surface area (Å²) in [5.41, 5.74) is 2.33. The van der Waals surface area contributed by atoms with Crippen LogP contribution in [0.4, 0.5) is 0 Å². The van der Waals surface area contributed by atoms with Crippen molar-refractivity contribution in [3.8, 4) is 11.5 Å². The maximum absolute atomic E-state index is 12.9. The minimum absolute atomic E-state index is 0.225. The van der Waals surface area contributed by atoms with Crippen molar-refractivity contribution < 1.29 is 24.1 Å². The van der Waals surface area contributed by atoms with Crippen LogP contribution in [0.2, 0.25) is 0 Å². The molecular weight excluding hydrogens is 390 g/mol. The Balaban J connectivity index is 1.22. The highest BCUT2D eigenvalue weighted by Gasteiger charge is 2.26. The lowest BCUT2D eigenvalue weighted by molar-refractivity contribution is -1.01. The molecule has 1 saturated heterocycles. The van der Waals surface area contributed by atoms with Crippen LogP contribution >= 0.6 is 0 Å². The average molecular weight is 424 g/mol. The van der Waals surface area contributed by atoms with Crippen LogP contribution in [0.25, 0.3) is 6.08 Å². The fraction of sp³-hybridized carbons (Fsp3) is 0.400. The maximum Gasteiger partial charge on any atom is 0.278 e. The minimum atomic E-state index is 0.225. The Hall–Kier alpha value is -2.83. The first kappa shape index (κ1) is 21.4. The average Bonchev–Trinajstić information content (AvgIpc) is 3.27. The number of piperazine rings is 1. The van der Waals surface area contributed by atoms with Gasteiger partial charge in [0.05, 0.1) is 6.54 Å². The first-order valence-corrected chi connectivity index (χ1v) is 11.3. The molecule has 0 atom stereocenters. The molecule has 2 heterocycles. The molecule has 31 heavy (non-hydrogen) atoms. The summed E-state index contributed by atoms with van der Waals surface area (Å²) in [6, 6.07) is 16.4. The molecule has 6 nitrogen and oxygen atoms in total. The molecule has 0 saturated carbocycles. The first-order valence-electron chi connectivity index (χ1n) is 11.3. The van der Waals surface area contributed by atoms with Gasteiger partial charge < -0.3 is 24.2 Å². The third kappa shape index (κ3) is 5.87. The van der Waals surface area contributed by atoms with Gasteiger partial charge in [0.25, 0.3) is 5.91 Å². The Morgan fingerprint density at radius 1 is 1.00 bits per heavy atom. The summed E-state index contributed by atoms with van der Waals surface area (Å²) in [5.74, 6) is 1.77. The molecule has 0 aromatic heterocycles. The minimum Gasteiger partial charge on any atom is -0.454 e. The third-order valence-electron chi connectivity index (χ3n) is 6.13. The largest absolute Gasteiger partial charge is 0.454 e. The molecule has 0 radical (unpaired) electrons. The topological polar surface area (TPSA) is 47.6 Å². The number of carbonyl (C=O) groups is 1. The van der Waals surface area contributed by atoms with Gasteiger partial charge in [-0.05, 0) is 36.3 Å². The van der Waals surface area contributed by atoms with Crippen molar-refractivity contribution in [1.82, 2.24) is 4.90 Å². The van der Waals surface area contributed by atoms with Crippen LogP contribution in [0.15, 0.2) is 54.6 Å². The van der Waals surface area contributed by atoms with Gasteiger partial charge in [0.2, 0.25) is 6.79 Å². The number of rotatable bonds is 8. The van der Waals surface area contributed by atoms with Gasteiger partial charge in [0, 0.05) is 13.1 Å². The van der Waals surface area contributed by atoms with E-state index in [4.69, 9.17) is 9.47 Å². The number of carbonyl (C=O) groups excluding carboxylic acids is 1. The molecule has 2 N–H and O–H groups in total. The van der Waals surface area contributed by atoms with Crippen LogP contribution in [-0.2, 0) is 11.3 Å². The fourth-order valence-electron chi connectivity index (χ4n) is 4.23. The molecule has 4 rings (SSSR count). The summed E-state index contributed by atoms with van der Waals surface area (Å²) in [7, 11) is 0. The van der Waals surface area contributed by atoms with Crippen molar-refractivity contribution in [2.75, 3.05) is 52.6 Å². The standard InChI is InChI=1S/C25H31N3O3/c1-2-28(18-22-10-11-23-24(17-22)31-20-30-23)25(29)19-27-15-13-26(14-16-27)12-6-9-21-7-4-3-5-8-21/h3-11,17H,2,12-16,18-20H2,1H3/p+2/b9-6+. The number of amides is 1. The van der Waals surface area contributed by atoms with Crippen molar-refractivity contribution in [1.29, 1.82) is 0 Å². The number of hydrogen-bond donors (Lipinski definition) is 2. The Bertz CT molecular complexity index is 892. The third-order valence-corrected chi connectivity index (χ3v) is 6.13. The summed E-state index contributed by atoms with van der Waals surface area (Å²) in [4.78, 5) is 17.8. The molecule has 164 valence electrons. The highest BCUT2D eigenvalue weighted by atomic mass is 16.7. The molecule has 2 aromatic carbocycles. The predicted octanol–water partition coefficient (Wildman–Crippen LogP) is 0.261. The van der Waals surface area contributed by atoms with Gasteiger partial charge >= 0.3 is 0 Å². The number of fused-ring (bicyclic) bond motifs is 1. The van der Waals surface area contributed by atoms with Gasteiger partial charge in [-0.2, -0.15) is 0 Å². The quantitative estimate of drug-likeness (QED) is 0.641. The molecular formula is C25H33N3O3+2. The second-order valence-corrected chi connectivity index (χ2v) is 8.29. The fourth-order valence-corrected chi connectivity index (χ4v) is 4.23. The summed E-state index contributed by atoms with van der Waals surface area (Å²) >= 11 is 0. The molecule has 6 heteroatoms. The summed E-state index contributed by atoms with van der Waals surface area (Å²) in [6.45, 7) is 9.56. The Labute approximate surface area is 184 Å². The van der Waals surface area contributed by atoms with Crippen molar-refractivity contribution in [2.45, 2.75) is 13.5 Å². The molecule has 2 aliphatic heterocycles. The van der Waals surface area contributed by atoms with Crippen LogP contribution in [0.3, 0.4) is 0 Å². The van der Waals surface area contributed by atoms with E-state index in [1.807, 2.05) is 36.1 Å².